The molecule has 4 nitrogen and oxygen atoms in total. The van der Waals surface area contributed by atoms with Gasteiger partial charge in [0.2, 0.25) is 9.84 Å². The number of hydrogen-bond donors (Lipinski definition) is 1. The van der Waals surface area contributed by atoms with Crippen molar-refractivity contribution in [1.82, 2.24) is 0 Å². The van der Waals surface area contributed by atoms with Gasteiger partial charge in [-0.3, -0.25) is 0 Å². The number of aliphatic hydroxyl groups is 1. The van der Waals surface area contributed by atoms with Crippen molar-refractivity contribution < 1.29 is 13.5 Å². The highest BCUT2D eigenvalue weighted by atomic mass is 32.2. The molecule has 0 heterocycles. The van der Waals surface area contributed by atoms with E-state index < -0.39 is 9.84 Å². The molecule has 0 unspecified atom stereocenters. The summed E-state index contributed by atoms with van der Waals surface area (Å²) < 4.78 is 24.6. The number of aliphatic hydroxyl groups excluding tert-OH is 1. The SMILES string of the molecule is N#Cc1ccc(S(=O)(=O)c2ccc(CO)cc2)cc1. The predicted octanol–water partition coefficient (Wildman–Crippen LogP) is 1.88. The molecule has 0 bridgehead atoms. The van der Waals surface area contributed by atoms with E-state index in [1.54, 1.807) is 12.1 Å². The molecule has 0 amide bonds. The average molecular weight is 273 g/mol. The van der Waals surface area contributed by atoms with E-state index in [9.17, 15) is 8.42 Å². The van der Waals surface area contributed by atoms with Crippen LogP contribution in [0.5, 0.6) is 0 Å². The van der Waals surface area contributed by atoms with Crippen molar-refractivity contribution in [1.29, 1.82) is 5.26 Å². The quantitative estimate of drug-likeness (QED) is 0.926. The zero-order valence-electron chi connectivity index (χ0n) is 9.95. The lowest BCUT2D eigenvalue weighted by Crippen LogP contribution is -2.02. The van der Waals surface area contributed by atoms with Gasteiger partial charge in [0.05, 0.1) is 28.0 Å². The minimum absolute atomic E-state index is 0.128. The summed E-state index contributed by atoms with van der Waals surface area (Å²) in [6.45, 7) is -0.128. The first kappa shape index (κ1) is 13.3. The van der Waals surface area contributed by atoms with E-state index in [4.69, 9.17) is 10.4 Å². The van der Waals surface area contributed by atoms with Crippen molar-refractivity contribution in [3.05, 3.63) is 59.7 Å². The third kappa shape index (κ3) is 2.65. The molecule has 0 spiro atoms. The van der Waals surface area contributed by atoms with Gasteiger partial charge in [-0.1, -0.05) is 12.1 Å². The van der Waals surface area contributed by atoms with E-state index >= 15 is 0 Å². The Bertz CT molecular complexity index is 711. The van der Waals surface area contributed by atoms with Gasteiger partial charge in [0, 0.05) is 0 Å². The third-order valence-corrected chi connectivity index (χ3v) is 4.50. The van der Waals surface area contributed by atoms with Crippen LogP contribution in [-0.4, -0.2) is 13.5 Å². The first-order valence-corrected chi connectivity index (χ1v) is 7.01. The Hall–Kier alpha value is -2.16. The molecule has 0 saturated carbocycles. The molecule has 0 saturated heterocycles. The maximum atomic E-state index is 12.3. The van der Waals surface area contributed by atoms with Crippen LogP contribution in [0.3, 0.4) is 0 Å². The van der Waals surface area contributed by atoms with Crippen molar-refractivity contribution in [2.24, 2.45) is 0 Å². The summed E-state index contributed by atoms with van der Waals surface area (Å²) in [5, 5.41) is 17.6. The van der Waals surface area contributed by atoms with E-state index in [0.717, 1.165) is 0 Å². The van der Waals surface area contributed by atoms with Gasteiger partial charge in [-0.05, 0) is 42.0 Å². The lowest BCUT2D eigenvalue weighted by atomic mass is 10.2. The summed E-state index contributed by atoms with van der Waals surface area (Å²) in [5.74, 6) is 0. The fourth-order valence-electron chi connectivity index (χ4n) is 1.62. The van der Waals surface area contributed by atoms with Crippen LogP contribution in [0.15, 0.2) is 58.3 Å². The first-order valence-electron chi connectivity index (χ1n) is 5.53. The van der Waals surface area contributed by atoms with E-state index in [1.807, 2.05) is 6.07 Å². The Morgan fingerprint density at radius 1 is 0.947 bits per heavy atom. The van der Waals surface area contributed by atoms with Crippen LogP contribution in [0.4, 0.5) is 0 Å². The highest BCUT2D eigenvalue weighted by molar-refractivity contribution is 7.91. The van der Waals surface area contributed by atoms with Crippen molar-refractivity contribution in [2.45, 2.75) is 16.4 Å². The van der Waals surface area contributed by atoms with Crippen LogP contribution in [-0.2, 0) is 16.4 Å². The molecule has 2 aromatic carbocycles. The Kier molecular flexibility index (Phi) is 3.65. The second-order valence-electron chi connectivity index (χ2n) is 3.94. The highest BCUT2D eigenvalue weighted by Crippen LogP contribution is 2.21. The summed E-state index contributed by atoms with van der Waals surface area (Å²) in [7, 11) is -3.58. The van der Waals surface area contributed by atoms with E-state index in [1.165, 1.54) is 36.4 Å². The maximum absolute atomic E-state index is 12.3. The average Bonchev–Trinajstić information content (AvgIpc) is 2.47. The van der Waals surface area contributed by atoms with Gasteiger partial charge < -0.3 is 5.11 Å². The summed E-state index contributed by atoms with van der Waals surface area (Å²) in [6, 6.07) is 13.7. The van der Waals surface area contributed by atoms with E-state index in [-0.39, 0.29) is 16.4 Å². The second kappa shape index (κ2) is 5.22. The van der Waals surface area contributed by atoms with Crippen molar-refractivity contribution in [3.8, 4) is 6.07 Å². The number of sulfone groups is 1. The Balaban J connectivity index is 2.43. The zero-order valence-corrected chi connectivity index (χ0v) is 10.8. The lowest BCUT2D eigenvalue weighted by molar-refractivity contribution is 0.282. The van der Waals surface area contributed by atoms with Gasteiger partial charge >= 0.3 is 0 Å². The molecule has 2 aromatic rings. The van der Waals surface area contributed by atoms with Crippen molar-refractivity contribution >= 4 is 9.84 Å². The molecule has 5 heteroatoms. The number of benzene rings is 2. The Morgan fingerprint density at radius 3 is 1.84 bits per heavy atom. The van der Waals surface area contributed by atoms with Gasteiger partial charge in [-0.2, -0.15) is 5.26 Å². The van der Waals surface area contributed by atoms with Crippen molar-refractivity contribution in [2.75, 3.05) is 0 Å². The number of rotatable bonds is 3. The molecule has 2 rings (SSSR count). The minimum Gasteiger partial charge on any atom is -0.392 e. The lowest BCUT2D eigenvalue weighted by Gasteiger charge is -2.05. The fourth-order valence-corrected chi connectivity index (χ4v) is 2.88. The van der Waals surface area contributed by atoms with E-state index in [2.05, 4.69) is 0 Å². The van der Waals surface area contributed by atoms with Crippen LogP contribution in [0.25, 0.3) is 0 Å². The zero-order chi connectivity index (χ0) is 13.9. The fraction of sp³-hybridized carbons (Fsp3) is 0.0714. The highest BCUT2D eigenvalue weighted by Gasteiger charge is 2.17. The van der Waals surface area contributed by atoms with Gasteiger partial charge in [-0.25, -0.2) is 8.42 Å². The normalized spacial score (nSPS) is 10.9. The van der Waals surface area contributed by atoms with Crippen LogP contribution in [0.2, 0.25) is 0 Å². The molecular weight excluding hydrogens is 262 g/mol. The summed E-state index contributed by atoms with van der Waals surface area (Å²) in [6.07, 6.45) is 0. The smallest absolute Gasteiger partial charge is 0.206 e. The summed E-state index contributed by atoms with van der Waals surface area (Å²) in [5.41, 5.74) is 1.06. The molecule has 1 N–H and O–H groups in total. The molecule has 0 radical (unpaired) electrons. The van der Waals surface area contributed by atoms with Crippen LogP contribution >= 0.6 is 0 Å². The Labute approximate surface area is 111 Å². The number of nitriles is 1. The minimum atomic E-state index is -3.58. The van der Waals surface area contributed by atoms with Crippen LogP contribution < -0.4 is 0 Å². The third-order valence-electron chi connectivity index (χ3n) is 2.71. The van der Waals surface area contributed by atoms with Gasteiger partial charge in [0.25, 0.3) is 0 Å². The summed E-state index contributed by atoms with van der Waals surface area (Å²) >= 11 is 0. The summed E-state index contributed by atoms with van der Waals surface area (Å²) in [4.78, 5) is 0.303. The van der Waals surface area contributed by atoms with Gasteiger partial charge in [0.1, 0.15) is 0 Å². The molecule has 0 aromatic heterocycles. The maximum Gasteiger partial charge on any atom is 0.206 e. The van der Waals surface area contributed by atoms with Gasteiger partial charge in [0.15, 0.2) is 0 Å². The molecule has 0 aliphatic rings. The Morgan fingerprint density at radius 2 is 1.42 bits per heavy atom. The number of hydrogen-bond acceptors (Lipinski definition) is 4. The predicted molar refractivity (Wildman–Crippen MR) is 69.0 cm³/mol. The van der Waals surface area contributed by atoms with Crippen LogP contribution in [0, 0.1) is 11.3 Å². The first-order chi connectivity index (χ1) is 9.07. The molecular formula is C14H11NO3S. The molecule has 0 fully saturated rings. The standard InChI is InChI=1S/C14H11NO3S/c15-9-11-1-5-13(6-2-11)19(17,18)14-7-3-12(10-16)4-8-14/h1-8,16H,10H2. The number of nitrogens with zero attached hydrogens (tertiary/aromatic N) is 1. The molecule has 0 aliphatic heterocycles. The van der Waals surface area contributed by atoms with Crippen LogP contribution in [0.1, 0.15) is 11.1 Å². The largest absolute Gasteiger partial charge is 0.392 e. The monoisotopic (exact) mass is 273 g/mol. The molecule has 96 valence electrons. The topological polar surface area (TPSA) is 78.2 Å². The molecule has 19 heavy (non-hydrogen) atoms. The van der Waals surface area contributed by atoms with E-state index in [0.29, 0.717) is 11.1 Å². The van der Waals surface area contributed by atoms with Gasteiger partial charge in [-0.15, -0.1) is 0 Å². The second-order valence-corrected chi connectivity index (χ2v) is 5.89. The molecule has 0 atom stereocenters. The van der Waals surface area contributed by atoms with Crippen molar-refractivity contribution in [3.63, 3.8) is 0 Å². The molecule has 0 aliphatic carbocycles.